The highest BCUT2D eigenvalue weighted by Crippen LogP contribution is 2.28. The molecule has 0 bridgehead atoms. The van der Waals surface area contributed by atoms with Gasteiger partial charge < -0.3 is 4.90 Å². The van der Waals surface area contributed by atoms with Gasteiger partial charge in [-0.25, -0.2) is 0 Å². The molecule has 2 atom stereocenters. The van der Waals surface area contributed by atoms with Gasteiger partial charge in [-0.1, -0.05) is 31.0 Å². The summed E-state index contributed by atoms with van der Waals surface area (Å²) in [6, 6.07) is 9.71. The van der Waals surface area contributed by atoms with Crippen LogP contribution >= 0.6 is 11.6 Å². The number of benzene rings is 1. The number of halogens is 1. The van der Waals surface area contributed by atoms with Crippen LogP contribution in [0.1, 0.15) is 36.0 Å². The average molecular weight is 303 g/mol. The van der Waals surface area contributed by atoms with Crippen molar-refractivity contribution >= 4 is 28.4 Å². The Morgan fingerprint density at radius 3 is 2.81 bits per heavy atom. The highest BCUT2D eigenvalue weighted by molar-refractivity contribution is 6.21. The Balaban J connectivity index is 1.93. The van der Waals surface area contributed by atoms with Crippen LogP contribution in [0, 0.1) is 0 Å². The van der Waals surface area contributed by atoms with E-state index in [-0.39, 0.29) is 17.3 Å². The molecule has 1 fully saturated rings. The molecule has 0 aliphatic heterocycles. The minimum atomic E-state index is 0.0110. The van der Waals surface area contributed by atoms with Crippen LogP contribution < -0.4 is 0 Å². The van der Waals surface area contributed by atoms with E-state index in [1.54, 1.807) is 11.1 Å². The van der Waals surface area contributed by atoms with Crippen LogP contribution in [0.15, 0.2) is 36.5 Å². The van der Waals surface area contributed by atoms with Gasteiger partial charge in [0.25, 0.3) is 5.91 Å². The maximum atomic E-state index is 12.8. The van der Waals surface area contributed by atoms with Crippen molar-refractivity contribution < 1.29 is 4.79 Å². The fraction of sp³-hybridized carbons (Fsp3) is 0.412. The van der Waals surface area contributed by atoms with Crippen molar-refractivity contribution in [3.63, 3.8) is 0 Å². The van der Waals surface area contributed by atoms with Crippen LogP contribution in [-0.4, -0.2) is 34.3 Å². The number of alkyl halides is 1. The highest BCUT2D eigenvalue weighted by atomic mass is 35.5. The van der Waals surface area contributed by atoms with Gasteiger partial charge in [0, 0.05) is 24.7 Å². The summed E-state index contributed by atoms with van der Waals surface area (Å²) >= 11 is 6.42. The largest absolute Gasteiger partial charge is 0.337 e. The van der Waals surface area contributed by atoms with Gasteiger partial charge in [0.15, 0.2) is 0 Å². The Kier molecular flexibility index (Phi) is 4.11. The number of rotatable bonds is 2. The first-order chi connectivity index (χ1) is 10.2. The number of fused-ring (bicyclic) bond motifs is 1. The van der Waals surface area contributed by atoms with Gasteiger partial charge >= 0.3 is 0 Å². The second kappa shape index (κ2) is 6.02. The number of aromatic nitrogens is 1. The SMILES string of the molecule is CN(C(=O)c1cccc2cccnc12)C1CCCCC1Cl. The number of para-hydroxylation sites is 1. The second-order valence-corrected chi connectivity index (χ2v) is 6.23. The quantitative estimate of drug-likeness (QED) is 0.789. The maximum absolute atomic E-state index is 12.8. The van der Waals surface area contributed by atoms with Crippen LogP contribution in [0.5, 0.6) is 0 Å². The van der Waals surface area contributed by atoms with Crippen molar-refractivity contribution in [2.75, 3.05) is 7.05 Å². The molecule has 0 radical (unpaired) electrons. The standard InChI is InChI=1S/C17H19ClN2O/c1-20(15-10-3-2-9-14(15)18)17(21)13-8-4-6-12-7-5-11-19-16(12)13/h4-8,11,14-15H,2-3,9-10H2,1H3. The van der Waals surface area contributed by atoms with Crippen molar-refractivity contribution in [3.8, 4) is 0 Å². The molecule has 0 saturated heterocycles. The molecule has 1 aromatic heterocycles. The molecule has 1 heterocycles. The third-order valence-electron chi connectivity index (χ3n) is 4.33. The molecule has 1 aliphatic rings. The predicted molar refractivity (Wildman–Crippen MR) is 85.7 cm³/mol. The average Bonchev–Trinajstić information content (AvgIpc) is 2.53. The number of carbonyl (C=O) groups is 1. The second-order valence-electron chi connectivity index (χ2n) is 5.66. The van der Waals surface area contributed by atoms with E-state index in [4.69, 9.17) is 11.6 Å². The van der Waals surface area contributed by atoms with E-state index >= 15 is 0 Å². The summed E-state index contributed by atoms with van der Waals surface area (Å²) in [4.78, 5) is 19.0. The van der Waals surface area contributed by atoms with Crippen LogP contribution in [-0.2, 0) is 0 Å². The van der Waals surface area contributed by atoms with Crippen molar-refractivity contribution in [2.24, 2.45) is 0 Å². The molecule has 1 amide bonds. The van der Waals surface area contributed by atoms with Gasteiger partial charge in [-0.2, -0.15) is 0 Å². The molecule has 2 unspecified atom stereocenters. The smallest absolute Gasteiger partial charge is 0.256 e. The molecule has 0 N–H and O–H groups in total. The van der Waals surface area contributed by atoms with Gasteiger partial charge in [0.1, 0.15) is 0 Å². The molecule has 3 rings (SSSR count). The highest BCUT2D eigenvalue weighted by Gasteiger charge is 2.30. The molecule has 21 heavy (non-hydrogen) atoms. The van der Waals surface area contributed by atoms with E-state index in [0.29, 0.717) is 5.56 Å². The monoisotopic (exact) mass is 302 g/mol. The first-order valence-corrected chi connectivity index (χ1v) is 7.87. The molecule has 0 spiro atoms. The fourth-order valence-corrected chi connectivity index (χ4v) is 3.57. The van der Waals surface area contributed by atoms with Crippen molar-refractivity contribution in [1.82, 2.24) is 9.88 Å². The summed E-state index contributed by atoms with van der Waals surface area (Å²) in [6.07, 6.45) is 5.98. The Bertz CT molecular complexity index is 653. The third-order valence-corrected chi connectivity index (χ3v) is 4.84. The number of carbonyl (C=O) groups excluding carboxylic acids is 1. The lowest BCUT2D eigenvalue weighted by atomic mass is 9.93. The normalized spacial score (nSPS) is 22.2. The molecule has 1 aliphatic carbocycles. The van der Waals surface area contributed by atoms with E-state index in [9.17, 15) is 4.79 Å². The van der Waals surface area contributed by atoms with Crippen LogP contribution in [0.3, 0.4) is 0 Å². The van der Waals surface area contributed by atoms with E-state index in [1.807, 2.05) is 37.4 Å². The number of hydrogen-bond donors (Lipinski definition) is 0. The Labute approximate surface area is 129 Å². The zero-order valence-corrected chi connectivity index (χ0v) is 12.9. The zero-order valence-electron chi connectivity index (χ0n) is 12.1. The maximum Gasteiger partial charge on any atom is 0.256 e. The van der Waals surface area contributed by atoms with Crippen molar-refractivity contribution in [3.05, 3.63) is 42.1 Å². The summed E-state index contributed by atoms with van der Waals surface area (Å²) in [5.74, 6) is 0.0110. The molecule has 1 aromatic carbocycles. The number of nitrogens with zero attached hydrogens (tertiary/aromatic N) is 2. The summed E-state index contributed by atoms with van der Waals surface area (Å²) in [7, 11) is 1.86. The molecular weight excluding hydrogens is 284 g/mol. The Morgan fingerprint density at radius 2 is 2.00 bits per heavy atom. The predicted octanol–water partition coefficient (Wildman–Crippen LogP) is 3.86. The Hall–Kier alpha value is -1.61. The molecule has 2 aromatic rings. The number of hydrogen-bond acceptors (Lipinski definition) is 2. The van der Waals surface area contributed by atoms with E-state index in [2.05, 4.69) is 4.98 Å². The summed E-state index contributed by atoms with van der Waals surface area (Å²) in [5.41, 5.74) is 1.42. The van der Waals surface area contributed by atoms with E-state index in [0.717, 1.165) is 36.6 Å². The van der Waals surface area contributed by atoms with Crippen LogP contribution in [0.25, 0.3) is 10.9 Å². The van der Waals surface area contributed by atoms with Gasteiger partial charge in [0.05, 0.1) is 16.5 Å². The van der Waals surface area contributed by atoms with Crippen LogP contribution in [0.2, 0.25) is 0 Å². The molecule has 3 nitrogen and oxygen atoms in total. The van der Waals surface area contributed by atoms with E-state index in [1.165, 1.54) is 0 Å². The summed E-state index contributed by atoms with van der Waals surface area (Å²) < 4.78 is 0. The topological polar surface area (TPSA) is 33.2 Å². The van der Waals surface area contributed by atoms with Gasteiger partial charge in [-0.15, -0.1) is 11.6 Å². The minimum Gasteiger partial charge on any atom is -0.337 e. The lowest BCUT2D eigenvalue weighted by Gasteiger charge is -2.35. The zero-order chi connectivity index (χ0) is 14.8. The van der Waals surface area contributed by atoms with E-state index < -0.39 is 0 Å². The minimum absolute atomic E-state index is 0.0110. The number of amides is 1. The van der Waals surface area contributed by atoms with Crippen molar-refractivity contribution in [1.29, 1.82) is 0 Å². The summed E-state index contributed by atoms with van der Waals surface area (Å²) in [5, 5.41) is 1.04. The molecular formula is C17H19ClN2O. The van der Waals surface area contributed by atoms with Crippen LogP contribution in [0.4, 0.5) is 0 Å². The van der Waals surface area contributed by atoms with Crippen molar-refractivity contribution in [2.45, 2.75) is 37.1 Å². The lowest BCUT2D eigenvalue weighted by Crippen LogP contribution is -2.44. The number of pyridine rings is 1. The lowest BCUT2D eigenvalue weighted by molar-refractivity contribution is 0.0702. The molecule has 1 saturated carbocycles. The van der Waals surface area contributed by atoms with Gasteiger partial charge in [0.2, 0.25) is 0 Å². The fourth-order valence-electron chi connectivity index (χ4n) is 3.12. The first kappa shape index (κ1) is 14.3. The first-order valence-electron chi connectivity index (χ1n) is 7.43. The molecule has 4 heteroatoms. The van der Waals surface area contributed by atoms with Gasteiger partial charge in [-0.3, -0.25) is 9.78 Å². The molecule has 110 valence electrons. The third kappa shape index (κ3) is 2.75. The van der Waals surface area contributed by atoms with Gasteiger partial charge in [-0.05, 0) is 25.0 Å². The summed E-state index contributed by atoms with van der Waals surface area (Å²) in [6.45, 7) is 0. The Morgan fingerprint density at radius 1 is 1.24 bits per heavy atom.